The Labute approximate surface area is 110 Å². The van der Waals surface area contributed by atoms with Crippen LogP contribution >= 0.6 is 23.2 Å². The van der Waals surface area contributed by atoms with Crippen LogP contribution in [0.1, 0.15) is 11.3 Å². The van der Waals surface area contributed by atoms with Gasteiger partial charge in [0.1, 0.15) is 0 Å². The van der Waals surface area contributed by atoms with Crippen LogP contribution in [-0.2, 0) is 6.54 Å². The van der Waals surface area contributed by atoms with Crippen LogP contribution < -0.4 is 5.32 Å². The van der Waals surface area contributed by atoms with Crippen molar-refractivity contribution in [3.63, 3.8) is 0 Å². The summed E-state index contributed by atoms with van der Waals surface area (Å²) in [7, 11) is 1.86. The fourth-order valence-corrected chi connectivity index (χ4v) is 1.95. The van der Waals surface area contributed by atoms with E-state index in [4.69, 9.17) is 23.2 Å². The van der Waals surface area contributed by atoms with E-state index < -0.39 is 0 Å². The highest BCUT2D eigenvalue weighted by Gasteiger charge is 2.09. The van der Waals surface area contributed by atoms with E-state index in [1.165, 1.54) is 0 Å². The summed E-state index contributed by atoms with van der Waals surface area (Å²) in [6, 6.07) is 3.61. The minimum Gasteiger partial charge on any atom is -0.314 e. The van der Waals surface area contributed by atoms with Crippen molar-refractivity contribution < 1.29 is 0 Å². The van der Waals surface area contributed by atoms with Crippen LogP contribution in [0.25, 0.3) is 5.69 Å². The smallest absolute Gasteiger partial charge is 0.0969 e. The van der Waals surface area contributed by atoms with Crippen LogP contribution in [0.3, 0.4) is 0 Å². The second-order valence-corrected chi connectivity index (χ2v) is 4.55. The predicted octanol–water partition coefficient (Wildman–Crippen LogP) is 2.60. The van der Waals surface area contributed by atoms with Gasteiger partial charge in [0, 0.05) is 11.6 Å². The zero-order valence-electron chi connectivity index (χ0n) is 9.54. The molecule has 0 unspecified atom stereocenters. The standard InChI is InChI=1S/C11H12Cl2N4/c1-7-3-10(13)11(4-9(7)12)17-6-8(5-14-2)15-16-17/h3-4,6,14H,5H2,1-2H3. The average Bonchev–Trinajstić information content (AvgIpc) is 2.72. The topological polar surface area (TPSA) is 42.7 Å². The summed E-state index contributed by atoms with van der Waals surface area (Å²) in [4.78, 5) is 0. The minimum absolute atomic E-state index is 0.604. The van der Waals surface area contributed by atoms with Crippen molar-refractivity contribution in [2.24, 2.45) is 0 Å². The van der Waals surface area contributed by atoms with E-state index in [1.807, 2.05) is 26.2 Å². The molecule has 17 heavy (non-hydrogen) atoms. The molecular weight excluding hydrogens is 259 g/mol. The third-order valence-electron chi connectivity index (χ3n) is 2.37. The molecule has 2 aromatic rings. The van der Waals surface area contributed by atoms with E-state index >= 15 is 0 Å². The van der Waals surface area contributed by atoms with Gasteiger partial charge in [-0.2, -0.15) is 0 Å². The van der Waals surface area contributed by atoms with Gasteiger partial charge in [-0.25, -0.2) is 4.68 Å². The van der Waals surface area contributed by atoms with Crippen molar-refractivity contribution in [3.05, 3.63) is 39.6 Å². The van der Waals surface area contributed by atoms with Crippen molar-refractivity contribution in [3.8, 4) is 5.69 Å². The highest BCUT2D eigenvalue weighted by molar-refractivity contribution is 6.35. The first-order chi connectivity index (χ1) is 8.11. The summed E-state index contributed by atoms with van der Waals surface area (Å²) in [6.45, 7) is 2.57. The Balaban J connectivity index is 2.41. The number of rotatable bonds is 3. The number of hydrogen-bond acceptors (Lipinski definition) is 3. The van der Waals surface area contributed by atoms with E-state index in [9.17, 15) is 0 Å². The number of nitrogens with one attached hydrogen (secondary N) is 1. The molecule has 0 aliphatic heterocycles. The normalized spacial score (nSPS) is 10.8. The lowest BCUT2D eigenvalue weighted by Gasteiger charge is -2.06. The molecule has 0 saturated heterocycles. The lowest BCUT2D eigenvalue weighted by atomic mass is 10.2. The van der Waals surface area contributed by atoms with E-state index in [0.29, 0.717) is 16.6 Å². The zero-order chi connectivity index (χ0) is 12.4. The number of aryl methyl sites for hydroxylation is 1. The molecule has 2 rings (SSSR count). The fourth-order valence-electron chi connectivity index (χ4n) is 1.49. The summed E-state index contributed by atoms with van der Waals surface area (Å²) in [6.07, 6.45) is 1.82. The molecule has 4 nitrogen and oxygen atoms in total. The Morgan fingerprint density at radius 3 is 2.76 bits per heavy atom. The number of aromatic nitrogens is 3. The molecule has 0 atom stereocenters. The number of benzene rings is 1. The van der Waals surface area contributed by atoms with Crippen LogP contribution in [0, 0.1) is 6.92 Å². The molecule has 0 amide bonds. The Kier molecular flexibility index (Phi) is 3.66. The van der Waals surface area contributed by atoms with Gasteiger partial charge in [-0.3, -0.25) is 0 Å². The molecule has 0 aliphatic carbocycles. The van der Waals surface area contributed by atoms with Crippen molar-refractivity contribution in [2.75, 3.05) is 7.05 Å². The molecule has 0 fully saturated rings. The van der Waals surface area contributed by atoms with Crippen molar-refractivity contribution in [1.82, 2.24) is 20.3 Å². The van der Waals surface area contributed by atoms with Gasteiger partial charge in [-0.05, 0) is 31.7 Å². The number of halogens is 2. The summed E-state index contributed by atoms with van der Waals surface area (Å²) in [5.74, 6) is 0. The lowest BCUT2D eigenvalue weighted by Crippen LogP contribution is -2.05. The van der Waals surface area contributed by atoms with E-state index in [1.54, 1.807) is 10.7 Å². The number of nitrogens with zero attached hydrogens (tertiary/aromatic N) is 3. The molecule has 0 saturated carbocycles. The number of hydrogen-bond donors (Lipinski definition) is 1. The maximum atomic E-state index is 6.16. The Hall–Kier alpha value is -1.10. The molecular formula is C11H12Cl2N4. The Morgan fingerprint density at radius 2 is 2.06 bits per heavy atom. The summed E-state index contributed by atoms with van der Waals surface area (Å²) in [5.41, 5.74) is 2.52. The fraction of sp³-hybridized carbons (Fsp3) is 0.273. The van der Waals surface area contributed by atoms with Gasteiger partial charge in [-0.1, -0.05) is 28.4 Å². The molecule has 0 aliphatic rings. The highest BCUT2D eigenvalue weighted by Crippen LogP contribution is 2.27. The molecule has 0 spiro atoms. The molecule has 1 aromatic heterocycles. The van der Waals surface area contributed by atoms with Gasteiger partial charge in [-0.15, -0.1) is 5.10 Å². The summed E-state index contributed by atoms with van der Waals surface area (Å²) >= 11 is 12.2. The maximum absolute atomic E-state index is 6.16. The van der Waals surface area contributed by atoms with Crippen molar-refractivity contribution in [1.29, 1.82) is 0 Å². The first-order valence-corrected chi connectivity index (χ1v) is 5.89. The minimum atomic E-state index is 0.604. The van der Waals surface area contributed by atoms with Gasteiger partial charge >= 0.3 is 0 Å². The zero-order valence-corrected chi connectivity index (χ0v) is 11.0. The van der Waals surface area contributed by atoms with E-state index in [0.717, 1.165) is 16.9 Å². The van der Waals surface area contributed by atoms with Crippen LogP contribution in [0.4, 0.5) is 0 Å². The van der Waals surface area contributed by atoms with Crippen molar-refractivity contribution >= 4 is 23.2 Å². The third kappa shape index (κ3) is 2.60. The molecule has 0 radical (unpaired) electrons. The monoisotopic (exact) mass is 270 g/mol. The lowest BCUT2D eigenvalue weighted by molar-refractivity contribution is 0.767. The molecule has 90 valence electrons. The predicted molar refractivity (Wildman–Crippen MR) is 68.9 cm³/mol. The molecule has 1 aromatic carbocycles. The van der Waals surface area contributed by atoms with Crippen LogP contribution in [0.15, 0.2) is 18.3 Å². The second-order valence-electron chi connectivity index (χ2n) is 3.74. The van der Waals surface area contributed by atoms with Crippen LogP contribution in [0.5, 0.6) is 0 Å². The van der Waals surface area contributed by atoms with E-state index in [2.05, 4.69) is 15.6 Å². The maximum Gasteiger partial charge on any atom is 0.0969 e. The van der Waals surface area contributed by atoms with Crippen molar-refractivity contribution in [2.45, 2.75) is 13.5 Å². The van der Waals surface area contributed by atoms with Crippen LogP contribution in [-0.4, -0.2) is 22.0 Å². The van der Waals surface area contributed by atoms with Crippen LogP contribution in [0.2, 0.25) is 10.0 Å². The second kappa shape index (κ2) is 5.04. The first kappa shape index (κ1) is 12.4. The van der Waals surface area contributed by atoms with E-state index in [-0.39, 0.29) is 0 Å². The largest absolute Gasteiger partial charge is 0.314 e. The SMILES string of the molecule is CNCc1cn(-c2cc(Cl)c(C)cc2Cl)nn1. The third-order valence-corrected chi connectivity index (χ3v) is 3.08. The van der Waals surface area contributed by atoms with Gasteiger partial charge in [0.2, 0.25) is 0 Å². The molecule has 6 heteroatoms. The van der Waals surface area contributed by atoms with Gasteiger partial charge in [0.05, 0.1) is 22.6 Å². The Bertz CT molecular complexity index is 536. The average molecular weight is 271 g/mol. The summed E-state index contributed by atoms with van der Waals surface area (Å²) < 4.78 is 1.63. The Morgan fingerprint density at radius 1 is 1.29 bits per heavy atom. The quantitative estimate of drug-likeness (QED) is 0.933. The van der Waals surface area contributed by atoms with Gasteiger partial charge in [0.25, 0.3) is 0 Å². The first-order valence-electron chi connectivity index (χ1n) is 5.13. The van der Waals surface area contributed by atoms with Gasteiger partial charge in [0.15, 0.2) is 0 Å². The molecule has 1 heterocycles. The summed E-state index contributed by atoms with van der Waals surface area (Å²) in [5, 5.41) is 12.3. The van der Waals surface area contributed by atoms with Gasteiger partial charge < -0.3 is 5.32 Å². The highest BCUT2D eigenvalue weighted by atomic mass is 35.5. The molecule has 0 bridgehead atoms. The molecule has 1 N–H and O–H groups in total.